The van der Waals surface area contributed by atoms with Gasteiger partial charge in [-0.25, -0.2) is 4.39 Å². The van der Waals surface area contributed by atoms with Crippen molar-refractivity contribution in [2.24, 2.45) is 0 Å². The molecule has 0 amide bonds. The molecule has 0 unspecified atom stereocenters. The second-order valence-corrected chi connectivity index (χ2v) is 4.65. The predicted molar refractivity (Wildman–Crippen MR) is 71.9 cm³/mol. The summed E-state index contributed by atoms with van der Waals surface area (Å²) < 4.78 is 62.6. The monoisotopic (exact) mass is 310 g/mol. The number of hydrogen-bond donors (Lipinski definition) is 0. The van der Waals surface area contributed by atoms with E-state index in [0.717, 1.165) is 6.07 Å². The van der Waals surface area contributed by atoms with Gasteiger partial charge >= 0.3 is 6.18 Å². The third kappa shape index (κ3) is 2.77. The molecule has 0 aliphatic heterocycles. The first-order chi connectivity index (χ1) is 10.4. The number of hydrogen-bond acceptors (Lipinski definition) is 2. The first-order valence-electron chi connectivity index (χ1n) is 6.41. The molecule has 22 heavy (non-hydrogen) atoms. The first kappa shape index (κ1) is 14.4. The Morgan fingerprint density at radius 3 is 2.50 bits per heavy atom. The highest BCUT2D eigenvalue weighted by molar-refractivity contribution is 5.78. The van der Waals surface area contributed by atoms with Gasteiger partial charge in [0.1, 0.15) is 29.5 Å². The lowest BCUT2D eigenvalue weighted by atomic mass is 10.2. The summed E-state index contributed by atoms with van der Waals surface area (Å²) in [4.78, 5) is 0. The van der Waals surface area contributed by atoms with Gasteiger partial charge in [0, 0.05) is 0 Å². The van der Waals surface area contributed by atoms with Crippen molar-refractivity contribution < 1.29 is 26.7 Å². The van der Waals surface area contributed by atoms with Crippen LogP contribution in [0.25, 0.3) is 11.0 Å². The fourth-order valence-corrected chi connectivity index (χ4v) is 2.12. The molecule has 0 fully saturated rings. The molecular weight excluding hydrogens is 300 g/mol. The van der Waals surface area contributed by atoms with E-state index in [1.165, 1.54) is 36.4 Å². The Balaban J connectivity index is 1.84. The van der Waals surface area contributed by atoms with E-state index < -0.39 is 17.6 Å². The molecule has 0 atom stereocenters. The molecule has 0 N–H and O–H groups in total. The molecule has 0 spiro atoms. The molecule has 1 aromatic heterocycles. The van der Waals surface area contributed by atoms with Crippen molar-refractivity contribution in [2.75, 3.05) is 0 Å². The lowest BCUT2D eigenvalue weighted by Gasteiger charge is -2.12. The highest BCUT2D eigenvalue weighted by atomic mass is 19.4. The standard InChI is InChI=1S/C16H10F4O2/c17-13-5-3-7-14-11(13)8-10(22-14)9-21-15-6-2-1-4-12(15)16(18,19)20/h1-8H,9H2. The van der Waals surface area contributed by atoms with Gasteiger partial charge in [0.2, 0.25) is 0 Å². The van der Waals surface area contributed by atoms with E-state index >= 15 is 0 Å². The molecule has 1 heterocycles. The van der Waals surface area contributed by atoms with Crippen molar-refractivity contribution in [1.82, 2.24) is 0 Å². The summed E-state index contributed by atoms with van der Waals surface area (Å²) in [5.41, 5.74) is -0.542. The molecule has 0 bridgehead atoms. The Bertz CT molecular complexity index is 805. The van der Waals surface area contributed by atoms with E-state index in [4.69, 9.17) is 9.15 Å². The molecule has 114 valence electrons. The molecule has 3 rings (SSSR count). The molecule has 3 aromatic rings. The zero-order valence-electron chi connectivity index (χ0n) is 11.2. The van der Waals surface area contributed by atoms with E-state index in [1.807, 2.05) is 0 Å². The Kier molecular flexibility index (Phi) is 3.52. The number of ether oxygens (including phenoxy) is 1. The predicted octanol–water partition coefficient (Wildman–Crippen LogP) is 5.17. The first-order valence-corrected chi connectivity index (χ1v) is 6.41. The SMILES string of the molecule is Fc1cccc2oc(COc3ccccc3C(F)(F)F)cc12. The van der Waals surface area contributed by atoms with Crippen LogP contribution < -0.4 is 4.74 Å². The van der Waals surface area contributed by atoms with Crippen LogP contribution in [-0.2, 0) is 12.8 Å². The van der Waals surface area contributed by atoms with Crippen LogP contribution in [0.5, 0.6) is 5.75 Å². The summed E-state index contributed by atoms with van der Waals surface area (Å²) in [5, 5.41) is 0.269. The van der Waals surface area contributed by atoms with Crippen LogP contribution in [-0.4, -0.2) is 0 Å². The lowest BCUT2D eigenvalue weighted by molar-refractivity contribution is -0.139. The van der Waals surface area contributed by atoms with Crippen molar-refractivity contribution >= 4 is 11.0 Å². The lowest BCUT2D eigenvalue weighted by Crippen LogP contribution is -2.08. The van der Waals surface area contributed by atoms with Crippen LogP contribution in [0.4, 0.5) is 17.6 Å². The quantitative estimate of drug-likeness (QED) is 0.623. The van der Waals surface area contributed by atoms with Gasteiger partial charge in [-0.15, -0.1) is 0 Å². The van der Waals surface area contributed by atoms with E-state index in [2.05, 4.69) is 0 Å². The summed E-state index contributed by atoms with van der Waals surface area (Å²) in [7, 11) is 0. The van der Waals surface area contributed by atoms with Gasteiger partial charge in [0.25, 0.3) is 0 Å². The second-order valence-electron chi connectivity index (χ2n) is 4.65. The van der Waals surface area contributed by atoms with Crippen LogP contribution >= 0.6 is 0 Å². The van der Waals surface area contributed by atoms with Crippen LogP contribution in [0.3, 0.4) is 0 Å². The molecule has 0 aliphatic rings. The third-order valence-corrected chi connectivity index (χ3v) is 3.12. The van der Waals surface area contributed by atoms with Crippen molar-refractivity contribution in [2.45, 2.75) is 12.8 Å². The van der Waals surface area contributed by atoms with Crippen molar-refractivity contribution in [1.29, 1.82) is 0 Å². The van der Waals surface area contributed by atoms with Gasteiger partial charge in [-0.05, 0) is 30.3 Å². The molecule has 6 heteroatoms. The number of benzene rings is 2. The van der Waals surface area contributed by atoms with Crippen LogP contribution in [0.2, 0.25) is 0 Å². The topological polar surface area (TPSA) is 22.4 Å². The smallest absolute Gasteiger partial charge is 0.419 e. The summed E-state index contributed by atoms with van der Waals surface area (Å²) >= 11 is 0. The minimum Gasteiger partial charge on any atom is -0.485 e. The van der Waals surface area contributed by atoms with Gasteiger partial charge in [0.05, 0.1) is 10.9 Å². The van der Waals surface area contributed by atoms with Crippen molar-refractivity contribution in [3.63, 3.8) is 0 Å². The van der Waals surface area contributed by atoms with E-state index in [-0.39, 0.29) is 23.5 Å². The zero-order valence-corrected chi connectivity index (χ0v) is 11.2. The molecular formula is C16H10F4O2. The molecule has 2 nitrogen and oxygen atoms in total. The molecule has 0 aliphatic carbocycles. The van der Waals surface area contributed by atoms with Gasteiger partial charge < -0.3 is 9.15 Å². The van der Waals surface area contributed by atoms with Gasteiger partial charge in [0.15, 0.2) is 0 Å². The number of alkyl halides is 3. The summed E-state index contributed by atoms with van der Waals surface area (Å²) in [6.07, 6.45) is -4.50. The van der Waals surface area contributed by atoms with Gasteiger partial charge in [-0.1, -0.05) is 18.2 Å². The van der Waals surface area contributed by atoms with E-state index in [9.17, 15) is 17.6 Å². The van der Waals surface area contributed by atoms with Crippen molar-refractivity contribution in [3.8, 4) is 5.75 Å². The summed E-state index contributed by atoms with van der Waals surface area (Å²) in [6.45, 7) is -0.221. The van der Waals surface area contributed by atoms with Gasteiger partial charge in [-0.3, -0.25) is 0 Å². The number of halogens is 4. The molecule has 0 saturated heterocycles. The normalized spacial score (nSPS) is 11.8. The maximum absolute atomic E-state index is 13.5. The average Bonchev–Trinajstić information content (AvgIpc) is 2.89. The zero-order chi connectivity index (χ0) is 15.7. The average molecular weight is 310 g/mol. The number of para-hydroxylation sites is 1. The van der Waals surface area contributed by atoms with Crippen LogP contribution in [0.1, 0.15) is 11.3 Å². The van der Waals surface area contributed by atoms with Gasteiger partial charge in [-0.2, -0.15) is 13.2 Å². The van der Waals surface area contributed by atoms with Crippen LogP contribution in [0, 0.1) is 5.82 Å². The molecule has 0 saturated carbocycles. The maximum Gasteiger partial charge on any atom is 0.419 e. The fourth-order valence-electron chi connectivity index (χ4n) is 2.12. The largest absolute Gasteiger partial charge is 0.485 e. The Morgan fingerprint density at radius 2 is 1.77 bits per heavy atom. The minimum absolute atomic E-state index is 0.221. The second kappa shape index (κ2) is 5.36. The minimum atomic E-state index is -4.50. The fraction of sp³-hybridized carbons (Fsp3) is 0.125. The summed E-state index contributed by atoms with van der Waals surface area (Å²) in [5.74, 6) is -0.504. The third-order valence-electron chi connectivity index (χ3n) is 3.12. The number of rotatable bonds is 3. The molecule has 2 aromatic carbocycles. The van der Waals surface area contributed by atoms with Crippen molar-refractivity contribution in [3.05, 3.63) is 65.7 Å². The Hall–Kier alpha value is -2.50. The maximum atomic E-state index is 13.5. The van der Waals surface area contributed by atoms with E-state index in [0.29, 0.717) is 5.58 Å². The Morgan fingerprint density at radius 1 is 1.00 bits per heavy atom. The highest BCUT2D eigenvalue weighted by Gasteiger charge is 2.34. The highest BCUT2D eigenvalue weighted by Crippen LogP contribution is 2.36. The number of furan rings is 1. The number of fused-ring (bicyclic) bond motifs is 1. The van der Waals surface area contributed by atoms with Crippen LogP contribution in [0.15, 0.2) is 52.9 Å². The van der Waals surface area contributed by atoms with E-state index in [1.54, 1.807) is 6.07 Å². The molecule has 0 radical (unpaired) electrons. The Labute approximate surface area is 122 Å². The summed E-state index contributed by atoms with van der Waals surface area (Å²) in [6, 6.07) is 10.7.